The monoisotopic (exact) mass is 425 g/mol. The second-order valence-electron chi connectivity index (χ2n) is 8.39. The lowest BCUT2D eigenvalue weighted by molar-refractivity contribution is 0.0367. The van der Waals surface area contributed by atoms with E-state index >= 15 is 0 Å². The van der Waals surface area contributed by atoms with Gasteiger partial charge in [0, 0.05) is 58.9 Å². The van der Waals surface area contributed by atoms with E-state index in [1.165, 1.54) is 5.56 Å². The Labute approximate surface area is 185 Å². The van der Waals surface area contributed by atoms with Crippen molar-refractivity contribution in [1.29, 1.82) is 0 Å². The minimum Gasteiger partial charge on any atom is -0.379 e. The van der Waals surface area contributed by atoms with Gasteiger partial charge in [0.1, 0.15) is 0 Å². The summed E-state index contributed by atoms with van der Waals surface area (Å²) >= 11 is 0. The summed E-state index contributed by atoms with van der Waals surface area (Å²) in [5, 5.41) is 12.6. The van der Waals surface area contributed by atoms with Crippen molar-refractivity contribution in [2.24, 2.45) is 0 Å². The van der Waals surface area contributed by atoms with Gasteiger partial charge in [-0.3, -0.25) is 14.7 Å². The Bertz CT molecular complexity index is 795. The Morgan fingerprint density at radius 1 is 0.968 bits per heavy atom. The highest BCUT2D eigenvalue weighted by atomic mass is 16.5. The molecule has 0 N–H and O–H groups in total. The minimum absolute atomic E-state index is 0.236. The molecule has 2 aliphatic heterocycles. The van der Waals surface area contributed by atoms with E-state index in [-0.39, 0.29) is 6.04 Å². The fraction of sp³-hybridized carbons (Fsp3) is 0.609. The van der Waals surface area contributed by atoms with Crippen LogP contribution in [0.25, 0.3) is 6.08 Å². The third kappa shape index (κ3) is 6.43. The molecule has 8 heteroatoms. The molecular weight excluding hydrogens is 390 g/mol. The molecule has 168 valence electrons. The predicted molar refractivity (Wildman–Crippen MR) is 122 cm³/mol. The zero-order valence-electron chi connectivity index (χ0n) is 18.6. The smallest absolute Gasteiger partial charge is 0.168 e. The van der Waals surface area contributed by atoms with Crippen molar-refractivity contribution in [2.75, 3.05) is 65.6 Å². The van der Waals surface area contributed by atoms with Gasteiger partial charge in [0.25, 0.3) is 0 Å². The van der Waals surface area contributed by atoms with E-state index in [0.29, 0.717) is 0 Å². The van der Waals surface area contributed by atoms with Gasteiger partial charge in [0.15, 0.2) is 5.82 Å². The highest BCUT2D eigenvalue weighted by Gasteiger charge is 2.25. The van der Waals surface area contributed by atoms with Crippen molar-refractivity contribution in [3.8, 4) is 0 Å². The van der Waals surface area contributed by atoms with Gasteiger partial charge in [-0.2, -0.15) is 0 Å². The van der Waals surface area contributed by atoms with E-state index in [1.807, 2.05) is 4.68 Å². The third-order valence-electron chi connectivity index (χ3n) is 6.31. The van der Waals surface area contributed by atoms with Gasteiger partial charge in [-0.05, 0) is 29.3 Å². The molecule has 2 aromatic rings. The van der Waals surface area contributed by atoms with Crippen LogP contribution in [0.3, 0.4) is 0 Å². The van der Waals surface area contributed by atoms with Crippen LogP contribution in [-0.2, 0) is 11.3 Å². The summed E-state index contributed by atoms with van der Waals surface area (Å²) in [5.41, 5.74) is 1.26. The molecule has 0 bridgehead atoms. The SMILES string of the molecule is C[C@@H](c1nnnn1CCCN1CCOCC1)N1CCN(C/C=C/c2ccccc2)CC1. The van der Waals surface area contributed by atoms with E-state index in [1.54, 1.807) is 0 Å². The number of rotatable bonds is 9. The van der Waals surface area contributed by atoms with Crippen molar-refractivity contribution in [2.45, 2.75) is 25.9 Å². The predicted octanol–water partition coefficient (Wildman–Crippen LogP) is 1.79. The summed E-state index contributed by atoms with van der Waals surface area (Å²) in [6.07, 6.45) is 5.54. The van der Waals surface area contributed by atoms with Crippen LogP contribution in [0.4, 0.5) is 0 Å². The van der Waals surface area contributed by atoms with E-state index in [9.17, 15) is 0 Å². The van der Waals surface area contributed by atoms with Gasteiger partial charge in [-0.15, -0.1) is 5.10 Å². The average Bonchev–Trinajstić information content (AvgIpc) is 3.29. The number of aromatic nitrogens is 4. The maximum Gasteiger partial charge on any atom is 0.168 e. The number of nitrogens with zero attached hydrogens (tertiary/aromatic N) is 7. The quantitative estimate of drug-likeness (QED) is 0.607. The van der Waals surface area contributed by atoms with Gasteiger partial charge in [0.05, 0.1) is 19.3 Å². The van der Waals surface area contributed by atoms with Crippen LogP contribution in [0.5, 0.6) is 0 Å². The molecule has 8 nitrogen and oxygen atoms in total. The fourth-order valence-electron chi connectivity index (χ4n) is 4.34. The maximum absolute atomic E-state index is 5.43. The third-order valence-corrected chi connectivity index (χ3v) is 6.31. The largest absolute Gasteiger partial charge is 0.379 e. The summed E-state index contributed by atoms with van der Waals surface area (Å²) in [6.45, 7) is 13.2. The van der Waals surface area contributed by atoms with Gasteiger partial charge < -0.3 is 4.74 Å². The van der Waals surface area contributed by atoms with Crippen LogP contribution >= 0.6 is 0 Å². The van der Waals surface area contributed by atoms with Crippen LogP contribution in [0.15, 0.2) is 36.4 Å². The first-order valence-electron chi connectivity index (χ1n) is 11.5. The van der Waals surface area contributed by atoms with Crippen molar-refractivity contribution in [1.82, 2.24) is 34.9 Å². The van der Waals surface area contributed by atoms with Crippen LogP contribution in [-0.4, -0.2) is 100 Å². The molecule has 1 aromatic heterocycles. The highest BCUT2D eigenvalue weighted by molar-refractivity contribution is 5.48. The van der Waals surface area contributed by atoms with Crippen molar-refractivity contribution >= 4 is 6.08 Å². The van der Waals surface area contributed by atoms with Crippen molar-refractivity contribution in [3.63, 3.8) is 0 Å². The normalized spacial score (nSPS) is 20.4. The number of tetrazole rings is 1. The molecule has 0 aliphatic carbocycles. The second-order valence-corrected chi connectivity index (χ2v) is 8.39. The molecule has 2 aliphatic rings. The molecule has 1 atom stereocenters. The standard InChI is InChI=1S/C23H35N7O/c1-21(23-24-25-26-30(23)12-6-11-28-17-19-31-20-18-28)29-15-13-27(14-16-29)10-5-9-22-7-3-2-4-8-22/h2-5,7-9,21H,6,10-20H2,1H3/b9-5+/t21-/m0/s1. The molecule has 0 saturated carbocycles. The Hall–Kier alpha value is -2.13. The molecule has 0 spiro atoms. The van der Waals surface area contributed by atoms with Gasteiger partial charge in [-0.1, -0.05) is 42.5 Å². The van der Waals surface area contributed by atoms with E-state index in [4.69, 9.17) is 4.74 Å². The maximum atomic E-state index is 5.43. The number of hydrogen-bond donors (Lipinski definition) is 0. The first kappa shape index (κ1) is 22.1. The molecule has 0 radical (unpaired) electrons. The summed E-state index contributed by atoms with van der Waals surface area (Å²) in [6, 6.07) is 10.7. The number of aryl methyl sites for hydroxylation is 1. The fourth-order valence-corrected chi connectivity index (χ4v) is 4.34. The van der Waals surface area contributed by atoms with Crippen LogP contribution < -0.4 is 0 Å². The number of morpholine rings is 1. The average molecular weight is 426 g/mol. The lowest BCUT2D eigenvalue weighted by Crippen LogP contribution is -2.47. The first-order valence-corrected chi connectivity index (χ1v) is 11.5. The van der Waals surface area contributed by atoms with E-state index < -0.39 is 0 Å². The topological polar surface area (TPSA) is 62.6 Å². The Morgan fingerprint density at radius 2 is 1.74 bits per heavy atom. The Morgan fingerprint density at radius 3 is 2.52 bits per heavy atom. The van der Waals surface area contributed by atoms with Crippen LogP contribution in [0, 0.1) is 0 Å². The van der Waals surface area contributed by atoms with Gasteiger partial charge in [-0.25, -0.2) is 4.68 Å². The van der Waals surface area contributed by atoms with Crippen LogP contribution in [0.2, 0.25) is 0 Å². The molecule has 0 amide bonds. The summed E-state index contributed by atoms with van der Waals surface area (Å²) in [4.78, 5) is 7.47. The second kappa shape index (κ2) is 11.5. The Balaban J connectivity index is 1.21. The van der Waals surface area contributed by atoms with E-state index in [0.717, 1.165) is 84.4 Å². The molecule has 2 saturated heterocycles. The molecular formula is C23H35N7O. The summed E-state index contributed by atoms with van der Waals surface area (Å²) < 4.78 is 7.43. The lowest BCUT2D eigenvalue weighted by atomic mass is 10.2. The van der Waals surface area contributed by atoms with E-state index in [2.05, 4.69) is 79.6 Å². The number of ether oxygens (including phenoxy) is 1. The summed E-state index contributed by atoms with van der Waals surface area (Å²) in [5.74, 6) is 0.986. The molecule has 1 aromatic carbocycles. The first-order chi connectivity index (χ1) is 15.3. The zero-order valence-corrected chi connectivity index (χ0v) is 18.6. The van der Waals surface area contributed by atoms with Crippen molar-refractivity contribution < 1.29 is 4.74 Å². The molecule has 4 rings (SSSR count). The lowest BCUT2D eigenvalue weighted by Gasteiger charge is -2.37. The van der Waals surface area contributed by atoms with Gasteiger partial charge in [0.2, 0.25) is 0 Å². The number of piperazine rings is 1. The van der Waals surface area contributed by atoms with Crippen LogP contribution in [0.1, 0.15) is 30.8 Å². The molecule has 3 heterocycles. The molecule has 31 heavy (non-hydrogen) atoms. The highest BCUT2D eigenvalue weighted by Crippen LogP contribution is 2.19. The molecule has 2 fully saturated rings. The number of benzene rings is 1. The van der Waals surface area contributed by atoms with Crippen molar-refractivity contribution in [3.05, 3.63) is 47.8 Å². The minimum atomic E-state index is 0.236. The zero-order chi connectivity index (χ0) is 21.3. The number of hydrogen-bond acceptors (Lipinski definition) is 7. The molecule has 0 unspecified atom stereocenters. The Kier molecular flexibility index (Phi) is 8.17. The summed E-state index contributed by atoms with van der Waals surface area (Å²) in [7, 11) is 0. The van der Waals surface area contributed by atoms with Gasteiger partial charge >= 0.3 is 0 Å².